The maximum absolute atomic E-state index is 11.4. The van der Waals surface area contributed by atoms with Gasteiger partial charge in [-0.3, -0.25) is 10.1 Å². The topological polar surface area (TPSA) is 108 Å². The lowest BCUT2D eigenvalue weighted by Crippen LogP contribution is -2.37. The first-order valence-electron chi connectivity index (χ1n) is 5.60. The minimum absolute atomic E-state index is 0.585. The molecule has 0 atom stereocenters. The van der Waals surface area contributed by atoms with Gasteiger partial charge in [-0.2, -0.15) is 0 Å². The van der Waals surface area contributed by atoms with Crippen molar-refractivity contribution in [3.63, 3.8) is 0 Å². The van der Waals surface area contributed by atoms with Crippen LogP contribution in [0.15, 0.2) is 30.3 Å². The zero-order chi connectivity index (χ0) is 15.0. The van der Waals surface area contributed by atoms with E-state index in [0.29, 0.717) is 11.3 Å². The van der Waals surface area contributed by atoms with Crippen molar-refractivity contribution in [1.82, 2.24) is 5.32 Å². The Labute approximate surface area is 115 Å². The average molecular weight is 278 g/mol. The highest BCUT2D eigenvalue weighted by Gasteiger charge is 2.07. The minimum atomic E-state index is -1.00. The molecule has 0 heterocycles. The fourth-order valence-corrected chi connectivity index (χ4v) is 1.32. The molecule has 0 fully saturated rings. The van der Waals surface area contributed by atoms with E-state index in [9.17, 15) is 14.4 Å². The fourth-order valence-electron chi connectivity index (χ4n) is 1.32. The predicted molar refractivity (Wildman–Crippen MR) is 70.7 cm³/mol. The van der Waals surface area contributed by atoms with Gasteiger partial charge in [-0.1, -0.05) is 18.2 Å². The van der Waals surface area contributed by atoms with Crippen LogP contribution in [0.3, 0.4) is 0 Å². The lowest BCUT2D eigenvalue weighted by atomic mass is 10.2. The van der Waals surface area contributed by atoms with Crippen LogP contribution >= 0.6 is 0 Å². The van der Waals surface area contributed by atoms with Crippen molar-refractivity contribution in [2.45, 2.75) is 0 Å². The number of imide groups is 1. The summed E-state index contributed by atoms with van der Waals surface area (Å²) in [7, 11) is 1.51. The third-order valence-corrected chi connectivity index (χ3v) is 2.15. The van der Waals surface area contributed by atoms with Crippen LogP contribution in [0, 0.1) is 0 Å². The number of carbonyl (C=O) groups is 3. The molecule has 0 saturated heterocycles. The maximum atomic E-state index is 11.4. The molecule has 1 rings (SSSR count). The molecule has 3 amide bonds. The van der Waals surface area contributed by atoms with Crippen molar-refractivity contribution in [3.05, 3.63) is 35.9 Å². The average Bonchev–Trinajstić information content (AvgIpc) is 2.42. The van der Waals surface area contributed by atoms with E-state index in [1.165, 1.54) is 13.2 Å². The van der Waals surface area contributed by atoms with E-state index in [1.807, 2.05) is 0 Å². The van der Waals surface area contributed by atoms with Crippen molar-refractivity contribution in [2.24, 2.45) is 5.73 Å². The van der Waals surface area contributed by atoms with E-state index in [1.54, 1.807) is 29.6 Å². The predicted octanol–water partition coefficient (Wildman–Crippen LogP) is 0.447. The Balaban J connectivity index is 2.51. The SMILES string of the molecule is COc1ccccc1/C=C/C(=O)OCC(=O)NC(N)=O. The van der Waals surface area contributed by atoms with E-state index in [0.717, 1.165) is 6.08 Å². The van der Waals surface area contributed by atoms with Gasteiger partial charge in [0.25, 0.3) is 5.91 Å². The van der Waals surface area contributed by atoms with Crippen molar-refractivity contribution >= 4 is 24.0 Å². The van der Waals surface area contributed by atoms with Gasteiger partial charge < -0.3 is 15.2 Å². The minimum Gasteiger partial charge on any atom is -0.496 e. The molecule has 106 valence electrons. The summed E-state index contributed by atoms with van der Waals surface area (Å²) in [5.41, 5.74) is 5.42. The molecule has 0 aliphatic carbocycles. The molecular weight excluding hydrogens is 264 g/mol. The molecule has 0 unspecified atom stereocenters. The molecule has 0 spiro atoms. The summed E-state index contributed by atoms with van der Waals surface area (Å²) < 4.78 is 9.71. The molecule has 0 aliphatic heterocycles. The number of carbonyl (C=O) groups excluding carboxylic acids is 3. The lowest BCUT2D eigenvalue weighted by molar-refractivity contribution is -0.143. The van der Waals surface area contributed by atoms with Gasteiger partial charge in [0.05, 0.1) is 7.11 Å². The van der Waals surface area contributed by atoms with E-state index < -0.39 is 24.5 Å². The van der Waals surface area contributed by atoms with Crippen molar-refractivity contribution in [2.75, 3.05) is 13.7 Å². The number of nitrogens with two attached hydrogens (primary N) is 1. The van der Waals surface area contributed by atoms with E-state index in [4.69, 9.17) is 10.5 Å². The Morgan fingerprint density at radius 3 is 2.65 bits per heavy atom. The van der Waals surface area contributed by atoms with Gasteiger partial charge in [-0.15, -0.1) is 0 Å². The number of amides is 3. The van der Waals surface area contributed by atoms with Crippen LogP contribution in [0.1, 0.15) is 5.56 Å². The molecule has 7 nitrogen and oxygen atoms in total. The van der Waals surface area contributed by atoms with Gasteiger partial charge in [0.1, 0.15) is 5.75 Å². The van der Waals surface area contributed by atoms with Gasteiger partial charge in [0, 0.05) is 11.6 Å². The zero-order valence-corrected chi connectivity index (χ0v) is 10.8. The van der Waals surface area contributed by atoms with Gasteiger partial charge in [-0.05, 0) is 12.1 Å². The first-order chi connectivity index (χ1) is 9.52. The Hall–Kier alpha value is -2.83. The maximum Gasteiger partial charge on any atom is 0.331 e. The van der Waals surface area contributed by atoms with Crippen LogP contribution in [0.25, 0.3) is 6.08 Å². The van der Waals surface area contributed by atoms with Gasteiger partial charge in [0.2, 0.25) is 0 Å². The van der Waals surface area contributed by atoms with Crippen molar-refractivity contribution in [3.8, 4) is 5.75 Å². The molecule has 20 heavy (non-hydrogen) atoms. The number of urea groups is 1. The quantitative estimate of drug-likeness (QED) is 0.600. The van der Waals surface area contributed by atoms with Crippen molar-refractivity contribution in [1.29, 1.82) is 0 Å². The third-order valence-electron chi connectivity index (χ3n) is 2.15. The third kappa shape index (κ3) is 5.21. The summed E-state index contributed by atoms with van der Waals surface area (Å²) in [6.07, 6.45) is 2.64. The number of benzene rings is 1. The Morgan fingerprint density at radius 1 is 1.30 bits per heavy atom. The molecule has 0 bridgehead atoms. The number of primary amides is 1. The number of esters is 1. The molecule has 0 aliphatic rings. The highest BCUT2D eigenvalue weighted by Crippen LogP contribution is 2.18. The number of para-hydroxylation sites is 1. The summed E-state index contributed by atoms with van der Waals surface area (Å²) in [5, 5.41) is 1.77. The Kier molecular flexibility index (Phi) is 5.76. The first-order valence-corrected chi connectivity index (χ1v) is 5.60. The molecule has 1 aromatic rings. The highest BCUT2D eigenvalue weighted by atomic mass is 16.5. The normalized spacial score (nSPS) is 10.1. The number of rotatable bonds is 5. The monoisotopic (exact) mass is 278 g/mol. The smallest absolute Gasteiger partial charge is 0.331 e. The van der Waals surface area contributed by atoms with Crippen LogP contribution in [0.5, 0.6) is 5.75 Å². The Bertz CT molecular complexity index is 539. The first kappa shape index (κ1) is 15.2. The largest absolute Gasteiger partial charge is 0.496 e. The fraction of sp³-hybridized carbons (Fsp3) is 0.154. The van der Waals surface area contributed by atoms with E-state index in [2.05, 4.69) is 4.74 Å². The summed E-state index contributed by atoms with van der Waals surface area (Å²) in [4.78, 5) is 32.7. The van der Waals surface area contributed by atoms with Crippen LogP contribution in [0.2, 0.25) is 0 Å². The summed E-state index contributed by atoms with van der Waals surface area (Å²) in [6.45, 7) is -0.585. The zero-order valence-electron chi connectivity index (χ0n) is 10.8. The van der Waals surface area contributed by atoms with Crippen molar-refractivity contribution < 1.29 is 23.9 Å². The lowest BCUT2D eigenvalue weighted by Gasteiger charge is -2.03. The number of ether oxygens (including phenoxy) is 2. The second-order valence-corrected chi connectivity index (χ2v) is 3.60. The second-order valence-electron chi connectivity index (χ2n) is 3.60. The van der Waals surface area contributed by atoms with Crippen LogP contribution in [-0.2, 0) is 14.3 Å². The Morgan fingerprint density at radius 2 is 2.00 bits per heavy atom. The second kappa shape index (κ2) is 7.57. The van der Waals surface area contributed by atoms with Crippen LogP contribution in [0.4, 0.5) is 4.79 Å². The molecule has 0 saturated carbocycles. The highest BCUT2D eigenvalue weighted by molar-refractivity contribution is 5.95. The molecule has 0 aromatic heterocycles. The molecular formula is C13H14N2O5. The van der Waals surface area contributed by atoms with E-state index >= 15 is 0 Å². The molecule has 1 aromatic carbocycles. The molecule has 7 heteroatoms. The van der Waals surface area contributed by atoms with Gasteiger partial charge in [0.15, 0.2) is 6.61 Å². The van der Waals surface area contributed by atoms with Gasteiger partial charge >= 0.3 is 12.0 Å². The molecule has 3 N–H and O–H groups in total. The summed E-state index contributed by atoms with van der Waals surface area (Å²) >= 11 is 0. The van der Waals surface area contributed by atoms with Gasteiger partial charge in [-0.25, -0.2) is 9.59 Å². The summed E-state index contributed by atoms with van der Waals surface area (Å²) in [6, 6.07) is 6.07. The standard InChI is InChI=1S/C13H14N2O5/c1-19-10-5-3-2-4-9(10)6-7-12(17)20-8-11(16)15-13(14)18/h2-7H,8H2,1H3,(H3,14,15,16,18)/b7-6+. The number of hydrogen-bond donors (Lipinski definition) is 2. The number of hydrogen-bond acceptors (Lipinski definition) is 5. The van der Waals surface area contributed by atoms with Crippen LogP contribution < -0.4 is 15.8 Å². The summed E-state index contributed by atoms with van der Waals surface area (Å²) in [5.74, 6) is -0.921. The molecule has 0 radical (unpaired) electrons. The number of nitrogens with one attached hydrogen (secondary N) is 1. The van der Waals surface area contributed by atoms with E-state index in [-0.39, 0.29) is 0 Å². The van der Waals surface area contributed by atoms with Crippen LogP contribution in [-0.4, -0.2) is 31.6 Å². The number of methoxy groups -OCH3 is 1.